The predicted octanol–water partition coefficient (Wildman–Crippen LogP) is 2.65. The Labute approximate surface area is 159 Å². The molecule has 1 amide bonds. The number of hydrogen-bond donors (Lipinski definition) is 0. The van der Waals surface area contributed by atoms with Gasteiger partial charge in [0.25, 0.3) is 5.91 Å². The molecule has 2 aromatic rings. The van der Waals surface area contributed by atoms with E-state index in [-0.39, 0.29) is 5.91 Å². The molecule has 0 N–H and O–H groups in total. The number of nitrogens with zero attached hydrogens (tertiary/aromatic N) is 3. The normalized spacial score (nSPS) is 21.0. The molecule has 0 radical (unpaired) electrons. The highest BCUT2D eigenvalue weighted by Crippen LogP contribution is 2.33. The smallest absolute Gasteiger partial charge is 0.274 e. The van der Waals surface area contributed by atoms with E-state index in [2.05, 4.69) is 19.1 Å². The number of carbonyl (C=O) groups excluding carboxylic acids is 1. The number of amides is 1. The van der Waals surface area contributed by atoms with Gasteiger partial charge < -0.3 is 14.4 Å². The summed E-state index contributed by atoms with van der Waals surface area (Å²) in [5.41, 5.74) is 5.21. The van der Waals surface area contributed by atoms with Crippen LogP contribution in [0.5, 0.6) is 0 Å². The van der Waals surface area contributed by atoms with E-state index in [1.54, 1.807) is 0 Å². The molecule has 6 heteroatoms. The molecule has 1 aromatic heterocycles. The van der Waals surface area contributed by atoms with Gasteiger partial charge in [-0.25, -0.2) is 4.68 Å². The summed E-state index contributed by atoms with van der Waals surface area (Å²) in [6, 6.07) is 8.23. The third-order valence-electron chi connectivity index (χ3n) is 6.10. The Balaban J connectivity index is 1.43. The zero-order valence-electron chi connectivity index (χ0n) is 15.7. The average molecular weight is 367 g/mol. The first-order chi connectivity index (χ1) is 13.2. The van der Waals surface area contributed by atoms with Crippen molar-refractivity contribution in [3.63, 3.8) is 0 Å². The van der Waals surface area contributed by atoms with Gasteiger partial charge in [-0.3, -0.25) is 4.79 Å². The third-order valence-corrected chi connectivity index (χ3v) is 6.10. The van der Waals surface area contributed by atoms with Gasteiger partial charge in [0, 0.05) is 37.2 Å². The number of ether oxygens (including phenoxy) is 2. The van der Waals surface area contributed by atoms with Crippen LogP contribution < -0.4 is 0 Å². The van der Waals surface area contributed by atoms with Crippen molar-refractivity contribution in [2.45, 2.75) is 44.8 Å². The number of carbonyl (C=O) groups is 1. The monoisotopic (exact) mass is 367 g/mol. The Hall–Kier alpha value is -2.18. The van der Waals surface area contributed by atoms with E-state index < -0.39 is 5.79 Å². The van der Waals surface area contributed by atoms with Gasteiger partial charge in [0.15, 0.2) is 11.5 Å². The Morgan fingerprint density at radius 1 is 1.11 bits per heavy atom. The van der Waals surface area contributed by atoms with Gasteiger partial charge in [-0.05, 0) is 37.8 Å². The van der Waals surface area contributed by atoms with Crippen molar-refractivity contribution in [3.05, 3.63) is 46.8 Å². The second kappa shape index (κ2) is 6.46. The highest BCUT2D eigenvalue weighted by Gasteiger charge is 2.41. The molecule has 6 nitrogen and oxygen atoms in total. The highest BCUT2D eigenvalue weighted by atomic mass is 16.7. The molecule has 1 aliphatic carbocycles. The summed E-state index contributed by atoms with van der Waals surface area (Å²) in [5.74, 6) is -0.410. The van der Waals surface area contributed by atoms with E-state index in [4.69, 9.17) is 14.6 Å². The first kappa shape index (κ1) is 17.0. The van der Waals surface area contributed by atoms with Crippen molar-refractivity contribution in [1.29, 1.82) is 0 Å². The third kappa shape index (κ3) is 2.78. The van der Waals surface area contributed by atoms with Gasteiger partial charge in [0.05, 0.1) is 18.9 Å². The summed E-state index contributed by atoms with van der Waals surface area (Å²) >= 11 is 0. The molecule has 1 spiro atoms. The van der Waals surface area contributed by atoms with Gasteiger partial charge in [-0.15, -0.1) is 0 Å². The standard InChI is InChI=1S/C21H25N3O3/c1-15-5-2-3-7-17(15)24-18-8-4-6-16(18)19(22-24)20(25)23-11-9-21(10-12-23)26-13-14-27-21/h2-3,5,7H,4,6,8-14H2,1H3. The molecule has 27 heavy (non-hydrogen) atoms. The lowest BCUT2D eigenvalue weighted by Gasteiger charge is -2.37. The molecule has 3 heterocycles. The number of fused-ring (bicyclic) bond motifs is 1. The van der Waals surface area contributed by atoms with Crippen LogP contribution >= 0.6 is 0 Å². The van der Waals surface area contributed by atoms with Crippen molar-refractivity contribution in [1.82, 2.24) is 14.7 Å². The summed E-state index contributed by atoms with van der Waals surface area (Å²) in [6.07, 6.45) is 4.48. The van der Waals surface area contributed by atoms with Gasteiger partial charge in [-0.1, -0.05) is 18.2 Å². The van der Waals surface area contributed by atoms with Crippen LogP contribution in [0.25, 0.3) is 5.69 Å². The summed E-state index contributed by atoms with van der Waals surface area (Å²) in [6.45, 7) is 4.71. The van der Waals surface area contributed by atoms with E-state index in [1.807, 2.05) is 21.7 Å². The fourth-order valence-electron chi connectivity index (χ4n) is 4.60. The van der Waals surface area contributed by atoms with E-state index in [0.717, 1.165) is 43.4 Å². The predicted molar refractivity (Wildman–Crippen MR) is 100 cm³/mol. The second-order valence-electron chi connectivity index (χ2n) is 7.73. The molecule has 0 unspecified atom stereocenters. The first-order valence-corrected chi connectivity index (χ1v) is 9.91. The second-order valence-corrected chi connectivity index (χ2v) is 7.73. The summed E-state index contributed by atoms with van der Waals surface area (Å²) < 4.78 is 13.6. The van der Waals surface area contributed by atoms with Crippen LogP contribution in [0.15, 0.2) is 24.3 Å². The Morgan fingerprint density at radius 3 is 2.59 bits per heavy atom. The number of hydrogen-bond acceptors (Lipinski definition) is 4. The zero-order chi connectivity index (χ0) is 18.4. The largest absolute Gasteiger partial charge is 0.347 e. The van der Waals surface area contributed by atoms with Crippen LogP contribution in [-0.2, 0) is 22.3 Å². The Kier molecular flexibility index (Phi) is 4.06. The van der Waals surface area contributed by atoms with Crippen molar-refractivity contribution >= 4 is 5.91 Å². The van der Waals surface area contributed by atoms with Crippen LogP contribution in [0.3, 0.4) is 0 Å². The molecule has 2 aliphatic heterocycles. The number of aromatic nitrogens is 2. The van der Waals surface area contributed by atoms with Crippen molar-refractivity contribution in [2.24, 2.45) is 0 Å². The number of rotatable bonds is 2. The van der Waals surface area contributed by atoms with Crippen molar-refractivity contribution in [2.75, 3.05) is 26.3 Å². The highest BCUT2D eigenvalue weighted by molar-refractivity contribution is 5.94. The first-order valence-electron chi connectivity index (χ1n) is 9.91. The van der Waals surface area contributed by atoms with E-state index >= 15 is 0 Å². The van der Waals surface area contributed by atoms with Crippen LogP contribution in [0.4, 0.5) is 0 Å². The molecule has 0 bridgehead atoms. The maximum Gasteiger partial charge on any atom is 0.274 e. The summed E-state index contributed by atoms with van der Waals surface area (Å²) in [7, 11) is 0. The lowest BCUT2D eigenvalue weighted by molar-refractivity contribution is -0.181. The quantitative estimate of drug-likeness (QED) is 0.819. The fraction of sp³-hybridized carbons (Fsp3) is 0.524. The van der Waals surface area contributed by atoms with Crippen LogP contribution in [0.2, 0.25) is 0 Å². The summed E-state index contributed by atoms with van der Waals surface area (Å²) in [5, 5.41) is 4.79. The van der Waals surface area contributed by atoms with E-state index in [0.29, 0.717) is 32.0 Å². The maximum atomic E-state index is 13.3. The molecule has 5 rings (SSSR count). The van der Waals surface area contributed by atoms with E-state index in [9.17, 15) is 4.79 Å². The van der Waals surface area contributed by atoms with Gasteiger partial charge in [-0.2, -0.15) is 5.10 Å². The number of piperidine rings is 1. The minimum atomic E-state index is -0.459. The molecule has 1 aromatic carbocycles. The topological polar surface area (TPSA) is 56.6 Å². The molecule has 2 fully saturated rings. The minimum Gasteiger partial charge on any atom is -0.347 e. The molecular weight excluding hydrogens is 342 g/mol. The van der Waals surface area contributed by atoms with Gasteiger partial charge >= 0.3 is 0 Å². The lowest BCUT2D eigenvalue weighted by atomic mass is 10.0. The van der Waals surface area contributed by atoms with Crippen LogP contribution in [-0.4, -0.2) is 52.7 Å². The molecule has 0 saturated carbocycles. The van der Waals surface area contributed by atoms with Crippen LogP contribution in [0.1, 0.15) is 46.6 Å². The number of para-hydroxylation sites is 1. The van der Waals surface area contributed by atoms with Crippen molar-refractivity contribution < 1.29 is 14.3 Å². The maximum absolute atomic E-state index is 13.3. The number of likely N-dealkylation sites (tertiary alicyclic amines) is 1. The van der Waals surface area contributed by atoms with Gasteiger partial charge in [0.2, 0.25) is 0 Å². The molecule has 0 atom stereocenters. The SMILES string of the molecule is Cc1ccccc1-n1nc(C(=O)N2CCC3(CC2)OCCO3)c2c1CCC2. The lowest BCUT2D eigenvalue weighted by Crippen LogP contribution is -2.47. The summed E-state index contributed by atoms with van der Waals surface area (Å²) in [4.78, 5) is 15.2. The number of benzene rings is 1. The molecule has 142 valence electrons. The van der Waals surface area contributed by atoms with Crippen LogP contribution in [0, 0.1) is 6.92 Å². The average Bonchev–Trinajstić information content (AvgIpc) is 3.40. The van der Waals surface area contributed by atoms with Gasteiger partial charge in [0.1, 0.15) is 0 Å². The molecular formula is C21H25N3O3. The Morgan fingerprint density at radius 2 is 1.85 bits per heavy atom. The zero-order valence-corrected chi connectivity index (χ0v) is 15.7. The van der Waals surface area contributed by atoms with E-state index in [1.165, 1.54) is 11.3 Å². The fourth-order valence-corrected chi connectivity index (χ4v) is 4.60. The number of aryl methyl sites for hydroxylation is 1. The molecule has 3 aliphatic rings. The molecule has 2 saturated heterocycles. The van der Waals surface area contributed by atoms with Crippen molar-refractivity contribution in [3.8, 4) is 5.69 Å². The minimum absolute atomic E-state index is 0.0494. The Bertz CT molecular complexity index is 873.